The van der Waals surface area contributed by atoms with Gasteiger partial charge in [0.15, 0.2) is 0 Å². The van der Waals surface area contributed by atoms with E-state index in [4.69, 9.17) is 0 Å². The number of hydrogen-bond donors (Lipinski definition) is 0. The third kappa shape index (κ3) is 67.7. The molecule has 0 N–H and O–H groups in total. The summed E-state index contributed by atoms with van der Waals surface area (Å²) in [5.41, 5.74) is 0. The van der Waals surface area contributed by atoms with Gasteiger partial charge in [0.25, 0.3) is 0 Å². The predicted molar refractivity (Wildman–Crippen MR) is 0 cm³/mol. The number of rotatable bonds is 0. The van der Waals surface area contributed by atoms with Crippen molar-refractivity contribution in [2.75, 3.05) is 0 Å². The van der Waals surface area contributed by atoms with Crippen LogP contribution in [0.2, 0.25) is 0 Å². The molecule has 0 aliphatic carbocycles. The Morgan fingerprint density at radius 1 is 0.333 bits per heavy atom. The topological polar surface area (TPSA) is 0 Å². The van der Waals surface area contributed by atoms with Crippen LogP contribution >= 0.6 is 0 Å². The van der Waals surface area contributed by atoms with Crippen molar-refractivity contribution in [3.8, 4) is 0 Å². The van der Waals surface area contributed by atoms with Gasteiger partial charge in [0.2, 0.25) is 0 Å². The summed E-state index contributed by atoms with van der Waals surface area (Å²) < 4.78 is 0. The number of halogens is 7. The summed E-state index contributed by atoms with van der Waals surface area (Å²) in [5.74, 6) is 0. The van der Waals surface area contributed by atoms with E-state index in [9.17, 15) is 0 Å². The Kier molecular flexibility index (Phi) is 934. The molecule has 0 saturated carbocycles. The second-order valence-electron chi connectivity index (χ2n) is 0. The molecule has 0 atom stereocenters. The second-order valence-corrected chi connectivity index (χ2v) is 0. The van der Waals surface area contributed by atoms with Gasteiger partial charge in [0, 0.05) is 0 Å². The van der Waals surface area contributed by atoms with Crippen molar-refractivity contribution in [1.82, 2.24) is 0 Å². The summed E-state index contributed by atoms with van der Waals surface area (Å²) in [6, 6.07) is 0. The van der Waals surface area contributed by atoms with Crippen molar-refractivity contribution < 1.29 is 156 Å². The summed E-state index contributed by atoms with van der Waals surface area (Å²) in [4.78, 5) is 0. The zero-order valence-electron chi connectivity index (χ0n) is 3.54. The van der Waals surface area contributed by atoms with Crippen LogP contribution in [-0.4, -0.2) is 0 Å². The van der Waals surface area contributed by atoms with Crippen LogP contribution in [0.25, 0.3) is 0 Å². The molecular formula is Br7V2. The summed E-state index contributed by atoms with van der Waals surface area (Å²) in [6.07, 6.45) is 0. The Morgan fingerprint density at radius 2 is 0.333 bits per heavy atom. The van der Waals surface area contributed by atoms with Gasteiger partial charge in [0.1, 0.15) is 0 Å². The Hall–Kier alpha value is 4.53. The maximum absolute atomic E-state index is 0. The monoisotopic (exact) mass is 654 g/mol. The molecule has 0 saturated heterocycles. The second kappa shape index (κ2) is 81.2. The fourth-order valence-electron chi connectivity index (χ4n) is 0. The molecule has 0 aromatic carbocycles. The average molecular weight is 661 g/mol. The zero-order chi connectivity index (χ0) is 0. The van der Waals surface area contributed by atoms with Crippen molar-refractivity contribution >= 4 is 0 Å². The van der Waals surface area contributed by atoms with Gasteiger partial charge in [-0.05, 0) is 0 Å². The van der Waals surface area contributed by atoms with Crippen molar-refractivity contribution in [2.45, 2.75) is 0 Å². The van der Waals surface area contributed by atoms with Gasteiger partial charge in [-0.1, -0.05) is 0 Å². The van der Waals surface area contributed by atoms with Crippen LogP contribution < -0.4 is 119 Å². The molecule has 0 rings (SSSR count). The van der Waals surface area contributed by atoms with Crippen LogP contribution in [-0.2, 0) is 37.1 Å². The molecular weight excluding hydrogens is 661 g/mol. The van der Waals surface area contributed by atoms with E-state index in [1.165, 1.54) is 0 Å². The molecule has 0 bridgehead atoms. The normalized spacial score (nSPS) is 0. The minimum absolute atomic E-state index is 0. The quantitative estimate of drug-likeness (QED) is 0.242. The van der Waals surface area contributed by atoms with Gasteiger partial charge in [-0.3, -0.25) is 0 Å². The summed E-state index contributed by atoms with van der Waals surface area (Å²) >= 11 is 0. The van der Waals surface area contributed by atoms with E-state index < -0.39 is 0 Å². The van der Waals surface area contributed by atoms with E-state index in [1.54, 1.807) is 0 Å². The predicted octanol–water partition coefficient (Wildman–Crippen LogP) is -21.0. The van der Waals surface area contributed by atoms with Crippen LogP contribution in [0.3, 0.4) is 0 Å². The molecule has 0 fully saturated rings. The molecule has 0 aliphatic rings. The summed E-state index contributed by atoms with van der Waals surface area (Å²) in [5, 5.41) is 0. The molecule has 59 valence electrons. The van der Waals surface area contributed by atoms with Gasteiger partial charge in [-0.2, -0.15) is 0 Å². The first-order valence-corrected chi connectivity index (χ1v) is 0. The van der Waals surface area contributed by atoms with E-state index in [1.807, 2.05) is 0 Å². The van der Waals surface area contributed by atoms with Gasteiger partial charge in [-0.25, -0.2) is 0 Å². The van der Waals surface area contributed by atoms with Gasteiger partial charge < -0.3 is 119 Å². The van der Waals surface area contributed by atoms with Gasteiger partial charge in [0.05, 0.1) is 0 Å². The first-order valence-electron chi connectivity index (χ1n) is 0. The van der Waals surface area contributed by atoms with Gasteiger partial charge in [-0.15, -0.1) is 0 Å². The first kappa shape index (κ1) is 104. The average Bonchev–Trinajstić information content (AvgIpc) is 0. The van der Waals surface area contributed by atoms with Crippen LogP contribution in [0.5, 0.6) is 0 Å². The van der Waals surface area contributed by atoms with E-state index >= 15 is 0 Å². The summed E-state index contributed by atoms with van der Waals surface area (Å²) in [7, 11) is 0. The molecule has 0 nitrogen and oxygen atoms in total. The molecule has 0 spiro atoms. The Balaban J connectivity index is 0. The Bertz CT molecular complexity index is 6.88. The molecule has 9 heteroatoms. The molecule has 0 aromatic heterocycles. The zero-order valence-corrected chi connectivity index (χ0v) is 17.4. The van der Waals surface area contributed by atoms with E-state index in [-0.39, 0.29) is 156 Å². The minimum Gasteiger partial charge on any atom is -1.00 e. The first-order chi connectivity index (χ1) is 0. The van der Waals surface area contributed by atoms with Crippen LogP contribution in [0.1, 0.15) is 0 Å². The van der Waals surface area contributed by atoms with E-state index in [0.717, 1.165) is 0 Å². The van der Waals surface area contributed by atoms with Crippen LogP contribution in [0.4, 0.5) is 0 Å². The smallest absolute Gasteiger partial charge is 1.00 e. The molecule has 0 aliphatic heterocycles. The fraction of sp³-hybridized carbons (Fsp3) is 0. The van der Waals surface area contributed by atoms with E-state index in [0.29, 0.717) is 0 Å². The van der Waals surface area contributed by atoms with Gasteiger partial charge >= 0.3 is 37.1 Å². The largest absolute Gasteiger partial charge is 4.00 e. The molecule has 0 heterocycles. The van der Waals surface area contributed by atoms with Crippen molar-refractivity contribution in [3.05, 3.63) is 0 Å². The minimum atomic E-state index is 0. The maximum Gasteiger partial charge on any atom is 4.00 e. The molecule has 0 amide bonds. The third-order valence-corrected chi connectivity index (χ3v) is 0. The molecule has 1 radical (unpaired) electrons. The van der Waals surface area contributed by atoms with E-state index in [2.05, 4.69) is 0 Å². The maximum atomic E-state index is 0. The standard InChI is InChI=1S/7BrH.2V/h7*1H;;/q;;;;;;;+3;+4/p-7. The van der Waals surface area contributed by atoms with Crippen molar-refractivity contribution in [2.24, 2.45) is 0 Å². The number of hydrogen-bond acceptors (Lipinski definition) is 0. The van der Waals surface area contributed by atoms with Crippen LogP contribution in [0.15, 0.2) is 0 Å². The fourth-order valence-corrected chi connectivity index (χ4v) is 0. The molecule has 0 unspecified atom stereocenters. The van der Waals surface area contributed by atoms with Crippen molar-refractivity contribution in [3.63, 3.8) is 0 Å². The third-order valence-electron chi connectivity index (χ3n) is 0. The SMILES string of the molecule is [Br-].[Br-].[Br-].[Br-].[Br-].[Br-].[Br-].[V+3].[V+4]. The van der Waals surface area contributed by atoms with Crippen LogP contribution in [0, 0.1) is 0 Å². The van der Waals surface area contributed by atoms with Crippen molar-refractivity contribution in [1.29, 1.82) is 0 Å². The summed E-state index contributed by atoms with van der Waals surface area (Å²) in [6.45, 7) is 0. The molecule has 0 aromatic rings. The molecule has 9 heavy (non-hydrogen) atoms. The Morgan fingerprint density at radius 3 is 0.333 bits per heavy atom. The Labute approximate surface area is 153 Å².